The van der Waals surface area contributed by atoms with Gasteiger partial charge in [-0.15, -0.1) is 0 Å². The van der Waals surface area contributed by atoms with Gasteiger partial charge in [0, 0.05) is 36.3 Å². The molecule has 0 radical (unpaired) electrons. The summed E-state index contributed by atoms with van der Waals surface area (Å²) < 4.78 is 71.1. The van der Waals surface area contributed by atoms with Crippen LogP contribution in [0.25, 0.3) is 16.9 Å². The number of carbonyl (C=O) groups excluding carboxylic acids is 1. The summed E-state index contributed by atoms with van der Waals surface area (Å²) in [5.74, 6) is -3.68. The fourth-order valence-electron chi connectivity index (χ4n) is 5.41. The van der Waals surface area contributed by atoms with Gasteiger partial charge in [0.1, 0.15) is 5.69 Å². The molecule has 0 spiro atoms. The van der Waals surface area contributed by atoms with Gasteiger partial charge in [-0.25, -0.2) is 8.78 Å². The summed E-state index contributed by atoms with van der Waals surface area (Å²) in [5, 5.41) is 4.45. The minimum absolute atomic E-state index is 0.0455. The quantitative estimate of drug-likeness (QED) is 0.484. The highest BCUT2D eigenvalue weighted by molar-refractivity contribution is 5.82. The molecule has 1 amide bonds. The van der Waals surface area contributed by atoms with Crippen LogP contribution in [0, 0.1) is 13.8 Å². The summed E-state index contributed by atoms with van der Waals surface area (Å²) in [5.41, 5.74) is 6.15. The Morgan fingerprint density at radius 2 is 1.77 bits per heavy atom. The minimum Gasteiger partial charge on any atom is -0.368 e. The van der Waals surface area contributed by atoms with Gasteiger partial charge in [-0.05, 0) is 50.6 Å². The molecule has 39 heavy (non-hydrogen) atoms. The van der Waals surface area contributed by atoms with Crippen molar-refractivity contribution in [3.05, 3.63) is 69.0 Å². The Morgan fingerprint density at radius 1 is 1.08 bits per heavy atom. The fourth-order valence-corrected chi connectivity index (χ4v) is 5.41. The average Bonchev–Trinajstić information content (AvgIpc) is 3.40. The van der Waals surface area contributed by atoms with Crippen molar-refractivity contribution in [2.24, 2.45) is 5.73 Å². The van der Waals surface area contributed by atoms with Crippen molar-refractivity contribution in [1.29, 1.82) is 0 Å². The molecule has 12 heteroatoms. The van der Waals surface area contributed by atoms with Crippen molar-refractivity contribution in [2.75, 3.05) is 36.0 Å². The molecular formula is C27H26F5N5O2. The number of fused-ring (bicyclic) bond motifs is 1. The first-order chi connectivity index (χ1) is 18.2. The number of hydrogen-bond acceptors (Lipinski definition) is 5. The zero-order valence-corrected chi connectivity index (χ0v) is 21.3. The largest absolute Gasteiger partial charge is 0.418 e. The number of amides is 1. The molecule has 0 atom stereocenters. The Hall–Kier alpha value is -3.96. The SMILES string of the molecule is Cc1cc(C)cc(-c2nn(-c3cc(N4CCC(F)(F)C4)ccc3C(F)(F)F)c(=O)c3c2CCN3CC(N)=O)c1. The number of primary amides is 1. The van der Waals surface area contributed by atoms with E-state index in [1.54, 1.807) is 0 Å². The van der Waals surface area contributed by atoms with Gasteiger partial charge >= 0.3 is 6.18 Å². The smallest absolute Gasteiger partial charge is 0.368 e. The van der Waals surface area contributed by atoms with E-state index < -0.39 is 47.8 Å². The van der Waals surface area contributed by atoms with Crippen LogP contribution < -0.4 is 21.1 Å². The van der Waals surface area contributed by atoms with E-state index in [1.807, 2.05) is 32.0 Å². The number of hydrogen-bond donors (Lipinski definition) is 1. The molecule has 1 fully saturated rings. The number of rotatable bonds is 5. The first kappa shape index (κ1) is 26.6. The van der Waals surface area contributed by atoms with E-state index in [0.29, 0.717) is 27.9 Å². The van der Waals surface area contributed by atoms with Gasteiger partial charge < -0.3 is 15.5 Å². The Balaban J connectivity index is 1.79. The van der Waals surface area contributed by atoms with E-state index in [4.69, 9.17) is 5.73 Å². The van der Waals surface area contributed by atoms with Crippen LogP contribution in [0.4, 0.5) is 33.3 Å². The van der Waals surface area contributed by atoms with Crippen molar-refractivity contribution in [1.82, 2.24) is 9.78 Å². The van der Waals surface area contributed by atoms with Crippen LogP contribution in [-0.2, 0) is 17.4 Å². The highest BCUT2D eigenvalue weighted by Gasteiger charge is 2.40. The molecule has 3 aromatic rings. The summed E-state index contributed by atoms with van der Waals surface area (Å²) in [6.07, 6.45) is -4.96. The lowest BCUT2D eigenvalue weighted by Crippen LogP contribution is -2.37. The molecule has 1 saturated heterocycles. The number of carbonyl (C=O) groups is 1. The topological polar surface area (TPSA) is 84.5 Å². The number of anilines is 2. The van der Waals surface area contributed by atoms with Crippen molar-refractivity contribution >= 4 is 17.3 Å². The van der Waals surface area contributed by atoms with Gasteiger partial charge in [0.2, 0.25) is 5.91 Å². The lowest BCUT2D eigenvalue weighted by molar-refractivity contribution is -0.137. The van der Waals surface area contributed by atoms with Crippen molar-refractivity contribution < 1.29 is 26.7 Å². The molecule has 0 bridgehead atoms. The molecule has 2 N–H and O–H groups in total. The molecule has 1 aromatic heterocycles. The second kappa shape index (κ2) is 9.35. The zero-order chi connectivity index (χ0) is 28.3. The Kier molecular flexibility index (Phi) is 6.39. The predicted molar refractivity (Wildman–Crippen MR) is 137 cm³/mol. The van der Waals surface area contributed by atoms with Crippen LogP contribution in [0.2, 0.25) is 0 Å². The molecular weight excluding hydrogens is 521 g/mol. The lowest BCUT2D eigenvalue weighted by Gasteiger charge is -2.23. The van der Waals surface area contributed by atoms with Crippen molar-refractivity contribution in [2.45, 2.75) is 38.8 Å². The third-order valence-corrected chi connectivity index (χ3v) is 7.01. The maximum atomic E-state index is 14.2. The number of aromatic nitrogens is 2. The maximum Gasteiger partial charge on any atom is 0.418 e. The van der Waals surface area contributed by atoms with Gasteiger partial charge in [-0.2, -0.15) is 23.0 Å². The van der Waals surface area contributed by atoms with Crippen LogP contribution in [0.5, 0.6) is 0 Å². The maximum absolute atomic E-state index is 14.2. The van der Waals surface area contributed by atoms with Crippen LogP contribution in [0.15, 0.2) is 41.2 Å². The predicted octanol–water partition coefficient (Wildman–Crippen LogP) is 4.23. The first-order valence-corrected chi connectivity index (χ1v) is 12.4. The number of aryl methyl sites for hydroxylation is 2. The van der Waals surface area contributed by atoms with Crippen LogP contribution >= 0.6 is 0 Å². The van der Waals surface area contributed by atoms with Crippen LogP contribution in [-0.4, -0.2) is 47.8 Å². The second-order valence-electron chi connectivity index (χ2n) is 10.1. The van der Waals surface area contributed by atoms with Crippen molar-refractivity contribution in [3.8, 4) is 16.9 Å². The molecule has 5 rings (SSSR count). The molecule has 2 aromatic carbocycles. The molecule has 2 aliphatic rings. The van der Waals surface area contributed by atoms with Gasteiger partial charge in [-0.3, -0.25) is 9.59 Å². The highest BCUT2D eigenvalue weighted by atomic mass is 19.4. The zero-order valence-electron chi connectivity index (χ0n) is 21.3. The molecule has 0 unspecified atom stereocenters. The molecule has 3 heterocycles. The van der Waals surface area contributed by atoms with E-state index in [9.17, 15) is 31.5 Å². The van der Waals surface area contributed by atoms with Gasteiger partial charge in [0.15, 0.2) is 0 Å². The van der Waals surface area contributed by atoms with E-state index >= 15 is 0 Å². The number of benzene rings is 2. The van der Waals surface area contributed by atoms with E-state index in [1.165, 1.54) is 9.80 Å². The highest BCUT2D eigenvalue weighted by Crippen LogP contribution is 2.39. The Bertz CT molecular complexity index is 1510. The summed E-state index contributed by atoms with van der Waals surface area (Å²) in [6, 6.07) is 8.53. The Morgan fingerprint density at radius 3 is 2.36 bits per heavy atom. The molecule has 0 aliphatic carbocycles. The number of alkyl halides is 5. The second-order valence-corrected chi connectivity index (χ2v) is 10.1. The number of halogens is 5. The molecule has 206 valence electrons. The average molecular weight is 548 g/mol. The summed E-state index contributed by atoms with van der Waals surface area (Å²) in [7, 11) is 0. The first-order valence-electron chi connectivity index (χ1n) is 12.4. The Labute approximate surface area is 220 Å². The monoisotopic (exact) mass is 547 g/mol. The fraction of sp³-hybridized carbons (Fsp3) is 0.370. The summed E-state index contributed by atoms with van der Waals surface area (Å²) in [4.78, 5) is 28.3. The van der Waals surface area contributed by atoms with E-state index in [-0.39, 0.29) is 31.0 Å². The number of nitrogens with two attached hydrogens (primary N) is 1. The van der Waals surface area contributed by atoms with Crippen LogP contribution in [0.3, 0.4) is 0 Å². The lowest BCUT2D eigenvalue weighted by atomic mass is 10.0. The van der Waals surface area contributed by atoms with E-state index in [2.05, 4.69) is 5.10 Å². The standard InChI is InChI=1S/C27H26F5N5O2/c1-15-9-16(2)11-17(10-15)23-19-5-7-35(13-22(33)38)24(19)25(39)37(34-23)21-12-18(3-4-20(21)27(30,31)32)36-8-6-26(28,29)14-36/h3-4,9-12H,5-8,13-14H2,1-2H3,(H2,33,38). The molecule has 0 saturated carbocycles. The third kappa shape index (κ3) is 5.07. The van der Waals surface area contributed by atoms with Crippen LogP contribution in [0.1, 0.15) is 28.7 Å². The number of nitrogens with zero attached hydrogens (tertiary/aromatic N) is 4. The van der Waals surface area contributed by atoms with Gasteiger partial charge in [-0.1, -0.05) is 17.2 Å². The molecule has 7 nitrogen and oxygen atoms in total. The van der Waals surface area contributed by atoms with E-state index in [0.717, 1.165) is 29.3 Å². The summed E-state index contributed by atoms with van der Waals surface area (Å²) in [6.45, 7) is 2.99. The third-order valence-electron chi connectivity index (χ3n) is 7.01. The van der Waals surface area contributed by atoms with Gasteiger partial charge in [0.05, 0.1) is 30.0 Å². The normalized spacial score (nSPS) is 16.6. The summed E-state index contributed by atoms with van der Waals surface area (Å²) >= 11 is 0. The van der Waals surface area contributed by atoms with Crippen molar-refractivity contribution in [3.63, 3.8) is 0 Å². The molecule has 2 aliphatic heterocycles. The minimum atomic E-state index is -4.87. The van der Waals surface area contributed by atoms with Gasteiger partial charge in [0.25, 0.3) is 11.5 Å².